The number of methoxy groups -OCH3 is 1. The Labute approximate surface area is 120 Å². The fourth-order valence-corrected chi connectivity index (χ4v) is 2.88. The average Bonchev–Trinajstić information content (AvgIpc) is 2.77. The van der Waals surface area contributed by atoms with Crippen LogP contribution in [0.1, 0.15) is 26.7 Å². The van der Waals surface area contributed by atoms with Crippen LogP contribution in [0.15, 0.2) is 0 Å². The summed E-state index contributed by atoms with van der Waals surface area (Å²) in [7, 11) is 1.65. The Kier molecular flexibility index (Phi) is 5.01. The number of nitrogens with one attached hydrogen (secondary N) is 2. The fraction of sp³-hybridized carbons (Fsp3) is 0.929. The third-order valence-electron chi connectivity index (χ3n) is 4.02. The highest BCUT2D eigenvalue weighted by molar-refractivity contribution is 5.83. The maximum absolute atomic E-state index is 12.5. The Morgan fingerprint density at radius 2 is 2.10 bits per heavy atom. The summed E-state index contributed by atoms with van der Waals surface area (Å²) in [4.78, 5) is 12.5. The normalized spacial score (nSPS) is 28.2. The molecule has 2 saturated heterocycles. The number of rotatable bonds is 5. The maximum Gasteiger partial charge on any atom is 0.228 e. The third-order valence-corrected chi connectivity index (χ3v) is 4.02. The van der Waals surface area contributed by atoms with Gasteiger partial charge in [0.1, 0.15) is 6.10 Å². The Bertz CT molecular complexity index is 335. The van der Waals surface area contributed by atoms with Crippen molar-refractivity contribution >= 4 is 5.91 Å². The molecule has 0 aromatic heterocycles. The van der Waals surface area contributed by atoms with Crippen LogP contribution in [-0.2, 0) is 19.0 Å². The van der Waals surface area contributed by atoms with E-state index < -0.39 is 11.2 Å². The number of carbonyl (C=O) groups excluding carboxylic acids is 1. The zero-order chi connectivity index (χ0) is 14.6. The van der Waals surface area contributed by atoms with Crippen molar-refractivity contribution in [3.05, 3.63) is 0 Å². The van der Waals surface area contributed by atoms with Crippen molar-refractivity contribution in [3.63, 3.8) is 0 Å². The number of carbonyl (C=O) groups is 1. The average molecular weight is 286 g/mol. The highest BCUT2D eigenvalue weighted by Gasteiger charge is 2.40. The zero-order valence-corrected chi connectivity index (χ0v) is 12.7. The largest absolute Gasteiger partial charge is 0.384 e. The number of hydrogen-bond donors (Lipinski definition) is 2. The first kappa shape index (κ1) is 15.7. The van der Waals surface area contributed by atoms with Gasteiger partial charge in [0.15, 0.2) is 5.79 Å². The van der Waals surface area contributed by atoms with Gasteiger partial charge in [-0.15, -0.1) is 0 Å². The van der Waals surface area contributed by atoms with Crippen LogP contribution in [-0.4, -0.2) is 57.8 Å². The van der Waals surface area contributed by atoms with E-state index in [1.807, 2.05) is 13.8 Å². The lowest BCUT2D eigenvalue weighted by Crippen LogP contribution is -2.51. The minimum atomic E-state index is -0.547. The van der Waals surface area contributed by atoms with Gasteiger partial charge < -0.3 is 24.8 Å². The van der Waals surface area contributed by atoms with E-state index in [0.29, 0.717) is 19.8 Å². The van der Waals surface area contributed by atoms with Crippen molar-refractivity contribution < 1.29 is 19.0 Å². The van der Waals surface area contributed by atoms with Crippen molar-refractivity contribution in [2.75, 3.05) is 40.0 Å². The van der Waals surface area contributed by atoms with Gasteiger partial charge in [-0.25, -0.2) is 0 Å². The molecule has 2 fully saturated rings. The molecule has 2 rings (SSSR count). The van der Waals surface area contributed by atoms with Gasteiger partial charge in [-0.05, 0) is 39.8 Å². The van der Waals surface area contributed by atoms with E-state index in [1.165, 1.54) is 0 Å². The van der Waals surface area contributed by atoms with Crippen LogP contribution >= 0.6 is 0 Å². The highest BCUT2D eigenvalue weighted by Crippen LogP contribution is 2.29. The molecule has 2 N–H and O–H groups in total. The summed E-state index contributed by atoms with van der Waals surface area (Å²) in [6, 6.07) is 0. The van der Waals surface area contributed by atoms with E-state index in [-0.39, 0.29) is 12.0 Å². The third kappa shape index (κ3) is 3.69. The molecular formula is C14H26N2O4. The summed E-state index contributed by atoms with van der Waals surface area (Å²) in [6.07, 6.45) is 1.54. The lowest BCUT2D eigenvalue weighted by atomic mass is 9.78. The van der Waals surface area contributed by atoms with Crippen molar-refractivity contribution in [1.82, 2.24) is 10.6 Å². The molecule has 116 valence electrons. The van der Waals surface area contributed by atoms with Crippen LogP contribution in [0.25, 0.3) is 0 Å². The molecule has 2 aliphatic heterocycles. The van der Waals surface area contributed by atoms with Crippen molar-refractivity contribution in [2.45, 2.75) is 38.6 Å². The van der Waals surface area contributed by atoms with Crippen LogP contribution in [0.4, 0.5) is 0 Å². The summed E-state index contributed by atoms with van der Waals surface area (Å²) in [5.74, 6) is -0.483. The molecule has 20 heavy (non-hydrogen) atoms. The van der Waals surface area contributed by atoms with Crippen LogP contribution < -0.4 is 10.6 Å². The number of ether oxygens (including phenoxy) is 3. The smallest absolute Gasteiger partial charge is 0.228 e. The molecule has 0 radical (unpaired) electrons. The Hall–Kier alpha value is -0.690. The monoisotopic (exact) mass is 286 g/mol. The molecule has 0 aliphatic carbocycles. The van der Waals surface area contributed by atoms with Gasteiger partial charge in [-0.1, -0.05) is 0 Å². The Morgan fingerprint density at radius 3 is 2.65 bits per heavy atom. The second-order valence-corrected chi connectivity index (χ2v) is 6.12. The van der Waals surface area contributed by atoms with Gasteiger partial charge >= 0.3 is 0 Å². The van der Waals surface area contributed by atoms with Crippen LogP contribution in [0.5, 0.6) is 0 Å². The van der Waals surface area contributed by atoms with Crippen molar-refractivity contribution in [1.29, 1.82) is 0 Å². The fourth-order valence-electron chi connectivity index (χ4n) is 2.88. The lowest BCUT2D eigenvalue weighted by Gasteiger charge is -2.35. The topological polar surface area (TPSA) is 68.8 Å². The van der Waals surface area contributed by atoms with E-state index in [4.69, 9.17) is 14.2 Å². The molecule has 1 unspecified atom stereocenters. The quantitative estimate of drug-likeness (QED) is 0.759. The summed E-state index contributed by atoms with van der Waals surface area (Å²) < 4.78 is 16.5. The molecule has 2 heterocycles. The maximum atomic E-state index is 12.5. The highest BCUT2D eigenvalue weighted by atomic mass is 16.7. The number of amides is 1. The second-order valence-electron chi connectivity index (χ2n) is 6.12. The van der Waals surface area contributed by atoms with E-state index >= 15 is 0 Å². The van der Waals surface area contributed by atoms with Crippen molar-refractivity contribution in [3.8, 4) is 0 Å². The molecule has 0 aromatic carbocycles. The lowest BCUT2D eigenvalue weighted by molar-refractivity contribution is -0.143. The minimum absolute atomic E-state index is 0.0640. The van der Waals surface area contributed by atoms with Gasteiger partial charge in [0.25, 0.3) is 0 Å². The predicted molar refractivity (Wildman–Crippen MR) is 74.3 cm³/mol. The first-order valence-corrected chi connectivity index (χ1v) is 7.27. The zero-order valence-electron chi connectivity index (χ0n) is 12.7. The summed E-state index contributed by atoms with van der Waals surface area (Å²) in [5, 5.41) is 6.29. The first-order chi connectivity index (χ1) is 9.47. The molecule has 0 spiro atoms. The minimum Gasteiger partial charge on any atom is -0.384 e. The summed E-state index contributed by atoms with van der Waals surface area (Å²) in [5.41, 5.74) is -0.408. The molecule has 0 saturated carbocycles. The molecule has 0 aromatic rings. The Morgan fingerprint density at radius 1 is 1.40 bits per heavy atom. The van der Waals surface area contributed by atoms with E-state index in [1.54, 1.807) is 7.11 Å². The van der Waals surface area contributed by atoms with Crippen molar-refractivity contribution in [2.24, 2.45) is 5.41 Å². The van der Waals surface area contributed by atoms with Crippen LogP contribution in [0, 0.1) is 5.41 Å². The molecule has 0 bridgehead atoms. The van der Waals surface area contributed by atoms with E-state index in [2.05, 4.69) is 10.6 Å². The van der Waals surface area contributed by atoms with E-state index in [9.17, 15) is 4.79 Å². The van der Waals surface area contributed by atoms with Crippen LogP contribution in [0.2, 0.25) is 0 Å². The Balaban J connectivity index is 1.86. The SMILES string of the molecule is COCC1(C(=O)NCC2COC(C)(C)O2)CCNCC1. The summed E-state index contributed by atoms with van der Waals surface area (Å²) in [6.45, 7) is 6.95. The molecule has 2 aliphatic rings. The van der Waals surface area contributed by atoms with Gasteiger partial charge in [0.2, 0.25) is 5.91 Å². The molecule has 6 heteroatoms. The molecule has 1 atom stereocenters. The first-order valence-electron chi connectivity index (χ1n) is 7.27. The molecule has 1 amide bonds. The van der Waals surface area contributed by atoms with E-state index in [0.717, 1.165) is 25.9 Å². The molecule has 6 nitrogen and oxygen atoms in total. The molecular weight excluding hydrogens is 260 g/mol. The number of piperidine rings is 1. The van der Waals surface area contributed by atoms with Gasteiger partial charge in [0, 0.05) is 13.7 Å². The van der Waals surface area contributed by atoms with Gasteiger partial charge in [-0.2, -0.15) is 0 Å². The van der Waals surface area contributed by atoms with Gasteiger partial charge in [0.05, 0.1) is 18.6 Å². The van der Waals surface area contributed by atoms with Crippen LogP contribution in [0.3, 0.4) is 0 Å². The predicted octanol–water partition coefficient (Wildman–Crippen LogP) is 0.270. The summed E-state index contributed by atoms with van der Waals surface area (Å²) >= 11 is 0. The second kappa shape index (κ2) is 6.39. The standard InChI is InChI=1S/C14H26N2O4/c1-13(2)19-9-11(20-13)8-16-12(17)14(10-18-3)4-6-15-7-5-14/h11,15H,4-10H2,1-3H3,(H,16,17). The van der Waals surface area contributed by atoms with Gasteiger partial charge in [-0.3, -0.25) is 4.79 Å². The number of hydrogen-bond acceptors (Lipinski definition) is 5.